The summed E-state index contributed by atoms with van der Waals surface area (Å²) in [4.78, 5) is 26.0. The van der Waals surface area contributed by atoms with Crippen LogP contribution in [0, 0.1) is 13.8 Å². The highest BCUT2D eigenvalue weighted by Crippen LogP contribution is 2.31. The minimum Gasteiger partial charge on any atom is -0.399 e. The van der Waals surface area contributed by atoms with Crippen molar-refractivity contribution in [3.05, 3.63) is 70.0 Å². The van der Waals surface area contributed by atoms with E-state index >= 15 is 0 Å². The second kappa shape index (κ2) is 9.82. The second-order valence-electron chi connectivity index (χ2n) is 9.94. The normalized spacial score (nSPS) is 16.9. The molecule has 1 fully saturated rings. The predicted octanol–water partition coefficient (Wildman–Crippen LogP) is 4.62. The van der Waals surface area contributed by atoms with Gasteiger partial charge in [-0.05, 0) is 67.5 Å². The van der Waals surface area contributed by atoms with Crippen molar-refractivity contribution >= 4 is 11.6 Å². The summed E-state index contributed by atoms with van der Waals surface area (Å²) in [5.41, 5.74) is 13.8. The first kappa shape index (κ1) is 23.5. The average Bonchev–Trinajstić information content (AvgIpc) is 3.28. The van der Waals surface area contributed by atoms with Gasteiger partial charge in [0.25, 0.3) is 5.91 Å². The van der Waals surface area contributed by atoms with Gasteiger partial charge in [-0.3, -0.25) is 9.69 Å². The molecule has 0 aliphatic carbocycles. The number of piperidine rings is 1. The number of likely N-dealkylation sites (tertiary alicyclic amines) is 1. The van der Waals surface area contributed by atoms with E-state index in [1.54, 1.807) is 0 Å². The van der Waals surface area contributed by atoms with Gasteiger partial charge in [-0.1, -0.05) is 18.2 Å². The van der Waals surface area contributed by atoms with Crippen LogP contribution in [0.2, 0.25) is 0 Å². The summed E-state index contributed by atoms with van der Waals surface area (Å²) in [6, 6.07) is 12.2. The highest BCUT2D eigenvalue weighted by Gasteiger charge is 2.27. The zero-order chi connectivity index (χ0) is 24.5. The Balaban J connectivity index is 1.33. The lowest BCUT2D eigenvalue weighted by atomic mass is 9.89. The molecule has 3 heterocycles. The van der Waals surface area contributed by atoms with E-state index in [0.717, 1.165) is 84.1 Å². The molecule has 1 saturated heterocycles. The SMILES string of the molecule is Cc1cc(C)c(-c2nc3c([nH]2)CN(CCF)CC3)cc1C(=O)N1CCC(c2ccc(N)cc2)CC1. The van der Waals surface area contributed by atoms with Gasteiger partial charge >= 0.3 is 0 Å². The summed E-state index contributed by atoms with van der Waals surface area (Å²) in [5, 5.41) is 0. The van der Waals surface area contributed by atoms with Crippen LogP contribution >= 0.6 is 0 Å². The van der Waals surface area contributed by atoms with Gasteiger partial charge in [0.05, 0.1) is 11.4 Å². The lowest BCUT2D eigenvalue weighted by Crippen LogP contribution is -2.38. The van der Waals surface area contributed by atoms with Gasteiger partial charge in [0.2, 0.25) is 0 Å². The maximum absolute atomic E-state index is 13.5. The van der Waals surface area contributed by atoms with Gasteiger partial charge in [-0.2, -0.15) is 0 Å². The second-order valence-corrected chi connectivity index (χ2v) is 9.94. The molecule has 1 amide bonds. The first-order valence-corrected chi connectivity index (χ1v) is 12.6. The molecule has 2 aromatic carbocycles. The predicted molar refractivity (Wildman–Crippen MR) is 137 cm³/mol. The Morgan fingerprint density at radius 3 is 2.57 bits per heavy atom. The summed E-state index contributed by atoms with van der Waals surface area (Å²) in [6.07, 6.45) is 2.72. The summed E-state index contributed by atoms with van der Waals surface area (Å²) in [7, 11) is 0. The number of imidazole rings is 1. The summed E-state index contributed by atoms with van der Waals surface area (Å²) >= 11 is 0. The Labute approximate surface area is 206 Å². The van der Waals surface area contributed by atoms with E-state index in [4.69, 9.17) is 10.7 Å². The summed E-state index contributed by atoms with van der Waals surface area (Å²) < 4.78 is 12.8. The molecular weight excluding hydrogens is 441 g/mol. The maximum Gasteiger partial charge on any atom is 0.254 e. The lowest BCUT2D eigenvalue weighted by Gasteiger charge is -2.33. The summed E-state index contributed by atoms with van der Waals surface area (Å²) in [6.45, 7) is 7.18. The minimum absolute atomic E-state index is 0.0879. The van der Waals surface area contributed by atoms with E-state index in [1.807, 2.05) is 30.0 Å². The van der Waals surface area contributed by atoms with Gasteiger partial charge in [0, 0.05) is 56.0 Å². The Hall–Kier alpha value is -3.19. The number of fused-ring (bicyclic) bond motifs is 1. The van der Waals surface area contributed by atoms with Crippen molar-refractivity contribution in [2.45, 2.75) is 45.6 Å². The number of hydrogen-bond acceptors (Lipinski definition) is 4. The van der Waals surface area contributed by atoms with Gasteiger partial charge in [0.15, 0.2) is 0 Å². The highest BCUT2D eigenvalue weighted by atomic mass is 19.1. The molecular formula is C28H34FN5O. The van der Waals surface area contributed by atoms with Crippen molar-refractivity contribution in [3.8, 4) is 11.4 Å². The number of benzene rings is 2. The van der Waals surface area contributed by atoms with Crippen LogP contribution in [0.1, 0.15) is 57.2 Å². The van der Waals surface area contributed by atoms with Crippen LogP contribution in [-0.4, -0.2) is 58.5 Å². The number of nitrogen functional groups attached to an aromatic ring is 1. The number of hydrogen-bond donors (Lipinski definition) is 2. The van der Waals surface area contributed by atoms with Crippen LogP contribution in [-0.2, 0) is 13.0 Å². The molecule has 0 radical (unpaired) electrons. The van der Waals surface area contributed by atoms with E-state index in [9.17, 15) is 9.18 Å². The number of nitrogens with zero attached hydrogens (tertiary/aromatic N) is 3. The number of anilines is 1. The molecule has 5 rings (SSSR count). The molecule has 35 heavy (non-hydrogen) atoms. The molecule has 3 N–H and O–H groups in total. The first-order chi connectivity index (χ1) is 16.9. The Bertz CT molecular complexity index is 1210. The molecule has 0 bridgehead atoms. The van der Waals surface area contributed by atoms with E-state index in [2.05, 4.69) is 35.0 Å². The molecule has 0 spiro atoms. The van der Waals surface area contributed by atoms with Gasteiger partial charge < -0.3 is 15.6 Å². The van der Waals surface area contributed by atoms with E-state index in [1.165, 1.54) is 5.56 Å². The third-order valence-corrected chi connectivity index (χ3v) is 7.56. The first-order valence-electron chi connectivity index (χ1n) is 12.6. The van der Waals surface area contributed by atoms with E-state index in [0.29, 0.717) is 19.0 Å². The molecule has 0 atom stereocenters. The van der Waals surface area contributed by atoms with Gasteiger partial charge in [-0.25, -0.2) is 9.37 Å². The monoisotopic (exact) mass is 475 g/mol. The topological polar surface area (TPSA) is 78.2 Å². The molecule has 7 heteroatoms. The third-order valence-electron chi connectivity index (χ3n) is 7.56. The number of aromatic nitrogens is 2. The minimum atomic E-state index is -0.337. The fourth-order valence-electron chi connectivity index (χ4n) is 5.48. The fraction of sp³-hybridized carbons (Fsp3) is 0.429. The number of aromatic amines is 1. The van der Waals surface area contributed by atoms with Crippen LogP contribution < -0.4 is 5.73 Å². The molecule has 3 aromatic rings. The smallest absolute Gasteiger partial charge is 0.254 e. The molecule has 2 aliphatic heterocycles. The fourth-order valence-corrected chi connectivity index (χ4v) is 5.48. The zero-order valence-corrected chi connectivity index (χ0v) is 20.6. The number of H-pyrrole nitrogens is 1. The quantitative estimate of drug-likeness (QED) is 0.528. The number of halogens is 1. The molecule has 1 aromatic heterocycles. The number of carbonyl (C=O) groups is 1. The molecule has 6 nitrogen and oxygen atoms in total. The van der Waals surface area contributed by atoms with Crippen molar-refractivity contribution in [2.24, 2.45) is 0 Å². The highest BCUT2D eigenvalue weighted by molar-refractivity contribution is 5.97. The number of aryl methyl sites for hydroxylation is 2. The van der Waals surface area contributed by atoms with Crippen LogP contribution in [0.4, 0.5) is 10.1 Å². The zero-order valence-electron chi connectivity index (χ0n) is 20.6. The summed E-state index contributed by atoms with van der Waals surface area (Å²) in [5.74, 6) is 1.34. The largest absolute Gasteiger partial charge is 0.399 e. The number of alkyl halides is 1. The van der Waals surface area contributed by atoms with Crippen molar-refractivity contribution in [1.82, 2.24) is 19.8 Å². The molecule has 184 valence electrons. The Morgan fingerprint density at radius 1 is 1.11 bits per heavy atom. The van der Waals surface area contributed by atoms with Crippen LogP contribution in [0.25, 0.3) is 11.4 Å². The number of nitrogens with two attached hydrogens (primary N) is 1. The van der Waals surface area contributed by atoms with E-state index < -0.39 is 0 Å². The Morgan fingerprint density at radius 2 is 1.86 bits per heavy atom. The van der Waals surface area contributed by atoms with Crippen LogP contribution in [0.3, 0.4) is 0 Å². The van der Waals surface area contributed by atoms with Crippen molar-refractivity contribution in [1.29, 1.82) is 0 Å². The van der Waals surface area contributed by atoms with Gasteiger partial charge in [0.1, 0.15) is 12.5 Å². The lowest BCUT2D eigenvalue weighted by molar-refractivity contribution is 0.0712. The van der Waals surface area contributed by atoms with Crippen molar-refractivity contribution in [2.75, 3.05) is 38.6 Å². The third kappa shape index (κ3) is 4.82. The molecule has 2 aliphatic rings. The number of nitrogens with one attached hydrogen (secondary N) is 1. The average molecular weight is 476 g/mol. The molecule has 0 saturated carbocycles. The van der Waals surface area contributed by atoms with E-state index in [-0.39, 0.29) is 12.6 Å². The number of rotatable bonds is 5. The number of amides is 1. The maximum atomic E-state index is 13.5. The Kier molecular flexibility index (Phi) is 6.60. The van der Waals surface area contributed by atoms with Crippen LogP contribution in [0.5, 0.6) is 0 Å². The standard InChI is InChI=1S/C28H34FN5O/c1-18-15-19(2)24(16-23(18)27-31-25-9-11-33(14-10-29)17-26(25)32-27)28(35)34-12-7-21(8-13-34)20-3-5-22(30)6-4-20/h3-6,15-16,21H,7-14,17,30H2,1-2H3,(H,31,32). The van der Waals surface area contributed by atoms with Crippen LogP contribution in [0.15, 0.2) is 36.4 Å². The van der Waals surface area contributed by atoms with Crippen molar-refractivity contribution in [3.63, 3.8) is 0 Å². The van der Waals surface area contributed by atoms with Crippen molar-refractivity contribution < 1.29 is 9.18 Å². The van der Waals surface area contributed by atoms with Gasteiger partial charge in [-0.15, -0.1) is 0 Å². The number of carbonyl (C=O) groups excluding carboxylic acids is 1. The molecule has 0 unspecified atom stereocenters.